The summed E-state index contributed by atoms with van der Waals surface area (Å²) in [5, 5.41) is 5.88. The van der Waals surface area contributed by atoms with Crippen molar-refractivity contribution < 1.29 is 26.9 Å². The first kappa shape index (κ1) is 21.7. The third kappa shape index (κ3) is 4.56. The van der Waals surface area contributed by atoms with Crippen LogP contribution in [0.3, 0.4) is 0 Å². The van der Waals surface area contributed by atoms with Crippen LogP contribution in [-0.4, -0.2) is 46.3 Å². The number of alkyl halides is 3. The maximum atomic E-state index is 13.4. The molecule has 11 heteroatoms. The Morgan fingerprint density at radius 3 is 2.62 bits per heavy atom. The van der Waals surface area contributed by atoms with Crippen molar-refractivity contribution in [3.8, 4) is 11.5 Å². The number of amides is 1. The highest BCUT2D eigenvalue weighted by Crippen LogP contribution is 2.34. The Labute approximate surface area is 180 Å². The van der Waals surface area contributed by atoms with Crippen LogP contribution >= 0.6 is 0 Å². The average molecular weight is 449 g/mol. The second kappa shape index (κ2) is 8.56. The van der Waals surface area contributed by atoms with Crippen molar-refractivity contribution in [3.63, 3.8) is 0 Å². The fourth-order valence-electron chi connectivity index (χ4n) is 3.87. The van der Waals surface area contributed by atoms with Gasteiger partial charge >= 0.3 is 12.1 Å². The Hall–Kier alpha value is -3.50. The van der Waals surface area contributed by atoms with Gasteiger partial charge in [-0.15, -0.1) is 0 Å². The fourth-order valence-corrected chi connectivity index (χ4v) is 3.87. The van der Waals surface area contributed by atoms with Gasteiger partial charge in [0.15, 0.2) is 5.82 Å². The number of nitrogens with one attached hydrogen (secondary N) is 1. The number of carbonyl (C=O) groups is 1. The van der Waals surface area contributed by atoms with Crippen molar-refractivity contribution in [2.75, 3.05) is 18.0 Å². The highest BCUT2D eigenvalue weighted by Gasteiger charge is 2.42. The number of nitrogens with zero attached hydrogens (tertiary/aromatic N) is 4. The smallest absolute Gasteiger partial charge is 0.354 e. The third-order valence-electron chi connectivity index (χ3n) is 5.33. The summed E-state index contributed by atoms with van der Waals surface area (Å²) in [5.74, 6) is -1.78. The van der Waals surface area contributed by atoms with Gasteiger partial charge in [0.2, 0.25) is 0 Å². The molecule has 0 radical (unpaired) electrons. The van der Waals surface area contributed by atoms with Crippen LogP contribution in [0.4, 0.5) is 23.4 Å². The zero-order chi connectivity index (χ0) is 22.9. The molecule has 1 N–H and O–H groups in total. The lowest BCUT2D eigenvalue weighted by Gasteiger charge is -2.40. The Morgan fingerprint density at radius 2 is 1.97 bits per heavy atom. The summed E-state index contributed by atoms with van der Waals surface area (Å²) < 4.78 is 57.5. The molecule has 1 amide bonds. The van der Waals surface area contributed by atoms with E-state index in [1.807, 2.05) is 0 Å². The molecule has 0 bridgehead atoms. The van der Waals surface area contributed by atoms with E-state index in [1.54, 1.807) is 30.2 Å². The predicted molar refractivity (Wildman–Crippen MR) is 106 cm³/mol. The molecule has 1 aliphatic heterocycles. The summed E-state index contributed by atoms with van der Waals surface area (Å²) in [7, 11) is 0. The largest absolute Gasteiger partial charge is 0.471 e. The molecule has 0 aliphatic carbocycles. The van der Waals surface area contributed by atoms with Crippen LogP contribution in [0.15, 0.2) is 47.1 Å². The molecule has 3 aromatic rings. The molecule has 1 aliphatic rings. The van der Waals surface area contributed by atoms with Crippen LogP contribution in [0.5, 0.6) is 0 Å². The lowest BCUT2D eigenvalue weighted by atomic mass is 9.85. The van der Waals surface area contributed by atoms with E-state index < -0.39 is 29.9 Å². The second-order valence-corrected chi connectivity index (χ2v) is 7.49. The number of aromatic nitrogens is 3. The molecule has 0 saturated carbocycles. The molecule has 2 unspecified atom stereocenters. The van der Waals surface area contributed by atoms with Gasteiger partial charge in [0, 0.05) is 25.2 Å². The van der Waals surface area contributed by atoms with E-state index in [9.17, 15) is 22.4 Å². The van der Waals surface area contributed by atoms with Crippen LogP contribution in [0, 0.1) is 12.7 Å². The Bertz CT molecular complexity index is 1100. The number of aryl methyl sites for hydroxylation is 1. The minimum absolute atomic E-state index is 0.0565. The predicted octanol–water partition coefficient (Wildman–Crippen LogP) is 3.62. The summed E-state index contributed by atoms with van der Waals surface area (Å²) in [4.78, 5) is 22.1. The number of halogens is 4. The molecule has 168 valence electrons. The summed E-state index contributed by atoms with van der Waals surface area (Å²) in [6.45, 7) is 2.17. The number of hydrogen-bond donors (Lipinski definition) is 1. The first-order valence-electron chi connectivity index (χ1n) is 9.86. The monoisotopic (exact) mass is 449 g/mol. The maximum Gasteiger partial charge on any atom is 0.471 e. The molecule has 1 saturated heterocycles. The van der Waals surface area contributed by atoms with Crippen molar-refractivity contribution in [3.05, 3.63) is 59.8 Å². The van der Waals surface area contributed by atoms with E-state index in [2.05, 4.69) is 20.4 Å². The number of hydrogen-bond acceptors (Lipinski definition) is 6. The van der Waals surface area contributed by atoms with E-state index in [0.29, 0.717) is 35.7 Å². The standard InChI is InChI=1S/C21H19F4N5O2/c1-12-27-19(32-29-12)16-3-2-9-26-18(16)30-10-8-15(13-4-6-14(22)7-5-13)17(11-30)28-20(31)21(23,24)25/h2-7,9,15,17H,8,10-11H2,1H3,(H,28,31). The van der Waals surface area contributed by atoms with E-state index in [0.717, 1.165) is 0 Å². The van der Waals surface area contributed by atoms with Crippen LogP contribution in [0.2, 0.25) is 0 Å². The lowest BCUT2D eigenvalue weighted by Crippen LogP contribution is -2.54. The van der Waals surface area contributed by atoms with Gasteiger partial charge in [0.1, 0.15) is 11.6 Å². The number of pyridine rings is 1. The quantitative estimate of drug-likeness (QED) is 0.613. The van der Waals surface area contributed by atoms with Gasteiger partial charge in [0.25, 0.3) is 5.89 Å². The number of carbonyl (C=O) groups excluding carboxylic acids is 1. The van der Waals surface area contributed by atoms with Gasteiger partial charge in [0.05, 0.1) is 11.6 Å². The molecule has 2 aromatic heterocycles. The first-order chi connectivity index (χ1) is 15.2. The minimum Gasteiger partial charge on any atom is -0.354 e. The van der Waals surface area contributed by atoms with Crippen molar-refractivity contribution in [2.45, 2.75) is 31.5 Å². The normalized spacial score (nSPS) is 19.1. The second-order valence-electron chi connectivity index (χ2n) is 7.49. The number of benzene rings is 1. The Morgan fingerprint density at radius 1 is 1.22 bits per heavy atom. The SMILES string of the molecule is Cc1noc(-c2cccnc2N2CCC(c3ccc(F)cc3)C(NC(=O)C(F)(F)F)C2)n1. The van der Waals surface area contributed by atoms with Gasteiger partial charge in [-0.25, -0.2) is 9.37 Å². The zero-order valence-electron chi connectivity index (χ0n) is 16.9. The maximum absolute atomic E-state index is 13.4. The highest BCUT2D eigenvalue weighted by atomic mass is 19.4. The topological polar surface area (TPSA) is 84.2 Å². The van der Waals surface area contributed by atoms with Gasteiger partial charge in [-0.2, -0.15) is 18.2 Å². The molecule has 2 atom stereocenters. The van der Waals surface area contributed by atoms with Crippen LogP contribution in [0.1, 0.15) is 23.7 Å². The Balaban J connectivity index is 1.65. The van der Waals surface area contributed by atoms with Gasteiger partial charge in [-0.1, -0.05) is 17.3 Å². The van der Waals surface area contributed by atoms with E-state index in [1.165, 1.54) is 24.3 Å². The average Bonchev–Trinajstić information content (AvgIpc) is 3.20. The minimum atomic E-state index is -5.02. The molecule has 0 spiro atoms. The summed E-state index contributed by atoms with van der Waals surface area (Å²) in [5.41, 5.74) is 1.18. The molecular weight excluding hydrogens is 430 g/mol. The first-order valence-corrected chi connectivity index (χ1v) is 9.86. The molecule has 32 heavy (non-hydrogen) atoms. The van der Waals surface area contributed by atoms with Crippen molar-refractivity contribution in [2.24, 2.45) is 0 Å². The van der Waals surface area contributed by atoms with Gasteiger partial charge in [-0.3, -0.25) is 4.79 Å². The number of piperidine rings is 1. The summed E-state index contributed by atoms with van der Waals surface area (Å²) >= 11 is 0. The summed E-state index contributed by atoms with van der Waals surface area (Å²) in [6, 6.07) is 8.07. The van der Waals surface area contributed by atoms with Gasteiger partial charge < -0.3 is 14.7 Å². The van der Waals surface area contributed by atoms with Crippen molar-refractivity contribution in [1.82, 2.24) is 20.4 Å². The molecular formula is C21H19F4N5O2. The van der Waals surface area contributed by atoms with E-state index >= 15 is 0 Å². The van der Waals surface area contributed by atoms with E-state index in [-0.39, 0.29) is 12.4 Å². The third-order valence-corrected chi connectivity index (χ3v) is 5.33. The van der Waals surface area contributed by atoms with Crippen molar-refractivity contribution >= 4 is 11.7 Å². The molecule has 7 nitrogen and oxygen atoms in total. The van der Waals surface area contributed by atoms with Crippen LogP contribution in [0.25, 0.3) is 11.5 Å². The summed E-state index contributed by atoms with van der Waals surface area (Å²) in [6.07, 6.45) is -3.06. The molecule has 1 fully saturated rings. The van der Waals surface area contributed by atoms with Crippen molar-refractivity contribution in [1.29, 1.82) is 0 Å². The van der Waals surface area contributed by atoms with E-state index in [4.69, 9.17) is 4.52 Å². The Kier molecular flexibility index (Phi) is 5.81. The molecule has 3 heterocycles. The number of anilines is 1. The zero-order valence-corrected chi connectivity index (χ0v) is 16.9. The number of rotatable bonds is 4. The fraction of sp³-hybridized carbons (Fsp3) is 0.333. The highest BCUT2D eigenvalue weighted by molar-refractivity contribution is 5.82. The molecule has 4 rings (SSSR count). The van der Waals surface area contributed by atoms with Crippen LogP contribution < -0.4 is 10.2 Å². The molecule has 1 aromatic carbocycles. The van der Waals surface area contributed by atoms with Gasteiger partial charge in [-0.05, 0) is 43.2 Å². The lowest BCUT2D eigenvalue weighted by molar-refractivity contribution is -0.174. The van der Waals surface area contributed by atoms with Crippen LogP contribution in [-0.2, 0) is 4.79 Å².